The predicted molar refractivity (Wildman–Crippen MR) is 108 cm³/mol. The molecule has 0 saturated carbocycles. The van der Waals surface area contributed by atoms with Crippen LogP contribution in [0.25, 0.3) is 0 Å². The van der Waals surface area contributed by atoms with E-state index in [9.17, 15) is 19.7 Å². The summed E-state index contributed by atoms with van der Waals surface area (Å²) in [5.41, 5.74) is 1.65. The van der Waals surface area contributed by atoms with E-state index in [0.29, 0.717) is 16.8 Å². The molecule has 1 amide bonds. The molecule has 7 nitrogen and oxygen atoms in total. The molecule has 0 heterocycles. The van der Waals surface area contributed by atoms with Gasteiger partial charge in [0.15, 0.2) is 0 Å². The number of nitro benzene ring substituents is 1. The second-order valence-electron chi connectivity index (χ2n) is 6.01. The molecule has 146 valence electrons. The summed E-state index contributed by atoms with van der Waals surface area (Å²) in [5.74, 6) is -0.951. The van der Waals surface area contributed by atoms with Gasteiger partial charge in [-0.25, -0.2) is 4.79 Å². The van der Waals surface area contributed by atoms with Gasteiger partial charge in [0.1, 0.15) is 6.61 Å². The third-order valence-electron chi connectivity index (χ3n) is 4.00. The number of amides is 1. The Hall–Kier alpha value is -3.71. The molecular weight excluding hydrogens is 396 g/mol. The maximum Gasteiger partial charge on any atom is 0.339 e. The summed E-state index contributed by atoms with van der Waals surface area (Å²) in [7, 11) is 0. The minimum absolute atomic E-state index is 0.0350. The Kier molecular flexibility index (Phi) is 6.21. The zero-order valence-corrected chi connectivity index (χ0v) is 15.8. The lowest BCUT2D eigenvalue weighted by molar-refractivity contribution is -0.384. The quantitative estimate of drug-likeness (QED) is 0.355. The van der Waals surface area contributed by atoms with Crippen LogP contribution in [0.2, 0.25) is 5.02 Å². The molecule has 0 fully saturated rings. The van der Waals surface area contributed by atoms with Crippen LogP contribution in [0.5, 0.6) is 0 Å². The van der Waals surface area contributed by atoms with Gasteiger partial charge < -0.3 is 10.1 Å². The van der Waals surface area contributed by atoms with Crippen molar-refractivity contribution in [2.45, 2.75) is 6.61 Å². The van der Waals surface area contributed by atoms with Crippen molar-refractivity contribution in [2.75, 3.05) is 5.32 Å². The Labute approximate surface area is 171 Å². The third-order valence-corrected chi connectivity index (χ3v) is 4.31. The van der Waals surface area contributed by atoms with Crippen molar-refractivity contribution in [3.8, 4) is 0 Å². The number of carbonyl (C=O) groups is 2. The lowest BCUT2D eigenvalue weighted by Gasteiger charge is -2.08. The monoisotopic (exact) mass is 410 g/mol. The standard InChI is InChI=1S/C21H15ClN2O5/c22-19-12-17(24(27)28)10-11-18(19)21(26)29-13-14-6-8-15(9-7-14)20(25)23-16-4-2-1-3-5-16/h1-12H,13H2,(H,23,25). The molecule has 0 radical (unpaired) electrons. The number of anilines is 1. The molecule has 0 aliphatic rings. The van der Waals surface area contributed by atoms with Crippen LogP contribution in [0.3, 0.4) is 0 Å². The minimum Gasteiger partial charge on any atom is -0.457 e. The van der Waals surface area contributed by atoms with E-state index in [4.69, 9.17) is 16.3 Å². The van der Waals surface area contributed by atoms with Crippen LogP contribution >= 0.6 is 11.6 Å². The van der Waals surface area contributed by atoms with Gasteiger partial charge in [-0.15, -0.1) is 0 Å². The first kappa shape index (κ1) is 20.0. The molecule has 29 heavy (non-hydrogen) atoms. The van der Waals surface area contributed by atoms with Crippen LogP contribution in [-0.2, 0) is 11.3 Å². The molecule has 0 spiro atoms. The van der Waals surface area contributed by atoms with Gasteiger partial charge in [-0.05, 0) is 35.9 Å². The van der Waals surface area contributed by atoms with Crippen LogP contribution in [0, 0.1) is 10.1 Å². The van der Waals surface area contributed by atoms with E-state index in [1.807, 2.05) is 18.2 Å². The fourth-order valence-corrected chi connectivity index (χ4v) is 2.74. The van der Waals surface area contributed by atoms with Gasteiger partial charge >= 0.3 is 5.97 Å². The highest BCUT2D eigenvalue weighted by molar-refractivity contribution is 6.33. The second kappa shape index (κ2) is 8.99. The van der Waals surface area contributed by atoms with Gasteiger partial charge in [-0.1, -0.05) is 41.9 Å². The second-order valence-corrected chi connectivity index (χ2v) is 6.42. The largest absolute Gasteiger partial charge is 0.457 e. The molecule has 3 aromatic carbocycles. The zero-order chi connectivity index (χ0) is 20.8. The number of hydrogen-bond donors (Lipinski definition) is 1. The molecule has 0 unspecified atom stereocenters. The van der Waals surface area contributed by atoms with Crippen molar-refractivity contribution in [1.29, 1.82) is 0 Å². The number of para-hydroxylation sites is 1. The summed E-state index contributed by atoms with van der Waals surface area (Å²) >= 11 is 5.92. The van der Waals surface area contributed by atoms with Gasteiger partial charge in [-0.2, -0.15) is 0 Å². The Morgan fingerprint density at radius 1 is 1.00 bits per heavy atom. The van der Waals surface area contributed by atoms with Gasteiger partial charge in [-0.3, -0.25) is 14.9 Å². The smallest absolute Gasteiger partial charge is 0.339 e. The molecular formula is C21H15ClN2O5. The number of nitrogens with zero attached hydrogens (tertiary/aromatic N) is 1. The fraction of sp³-hybridized carbons (Fsp3) is 0.0476. The van der Waals surface area contributed by atoms with Crippen LogP contribution in [0.1, 0.15) is 26.3 Å². The normalized spacial score (nSPS) is 10.2. The predicted octanol–water partition coefficient (Wildman–Crippen LogP) is 4.86. The van der Waals surface area contributed by atoms with E-state index in [0.717, 1.165) is 6.07 Å². The van der Waals surface area contributed by atoms with Crippen molar-refractivity contribution >= 4 is 34.9 Å². The average molecular weight is 411 g/mol. The SMILES string of the molecule is O=C(Nc1ccccc1)c1ccc(COC(=O)c2ccc([N+](=O)[O-])cc2Cl)cc1. The van der Waals surface area contributed by atoms with Crippen LogP contribution in [0.4, 0.5) is 11.4 Å². The summed E-state index contributed by atoms with van der Waals surface area (Å²) in [6.45, 7) is -0.0350. The van der Waals surface area contributed by atoms with E-state index in [-0.39, 0.29) is 28.8 Å². The molecule has 8 heteroatoms. The van der Waals surface area contributed by atoms with Crippen LogP contribution in [-0.4, -0.2) is 16.8 Å². The van der Waals surface area contributed by atoms with E-state index >= 15 is 0 Å². The maximum absolute atomic E-state index is 12.2. The van der Waals surface area contributed by atoms with E-state index in [1.54, 1.807) is 36.4 Å². The van der Waals surface area contributed by atoms with Gasteiger partial charge in [0, 0.05) is 23.4 Å². The average Bonchev–Trinajstić information content (AvgIpc) is 2.73. The number of carbonyl (C=O) groups excluding carboxylic acids is 2. The third kappa shape index (κ3) is 5.18. The molecule has 0 bridgehead atoms. The maximum atomic E-state index is 12.2. The van der Waals surface area contributed by atoms with E-state index in [1.165, 1.54) is 12.1 Å². The molecule has 0 saturated heterocycles. The number of benzene rings is 3. The first-order valence-corrected chi connectivity index (χ1v) is 8.88. The first-order chi connectivity index (χ1) is 13.9. The van der Waals surface area contributed by atoms with Crippen molar-refractivity contribution < 1.29 is 19.2 Å². The highest BCUT2D eigenvalue weighted by Crippen LogP contribution is 2.23. The summed E-state index contributed by atoms with van der Waals surface area (Å²) in [4.78, 5) is 34.5. The van der Waals surface area contributed by atoms with Gasteiger partial charge in [0.05, 0.1) is 15.5 Å². The molecule has 0 aliphatic carbocycles. The fourth-order valence-electron chi connectivity index (χ4n) is 2.49. The summed E-state index contributed by atoms with van der Waals surface area (Å²) in [5, 5.41) is 13.4. The number of halogens is 1. The summed E-state index contributed by atoms with van der Waals surface area (Å²) < 4.78 is 5.20. The highest BCUT2D eigenvalue weighted by Gasteiger charge is 2.16. The highest BCUT2D eigenvalue weighted by atomic mass is 35.5. The minimum atomic E-state index is -0.698. The number of ether oxygens (including phenoxy) is 1. The number of hydrogen-bond acceptors (Lipinski definition) is 5. The van der Waals surface area contributed by atoms with E-state index in [2.05, 4.69) is 5.32 Å². The number of esters is 1. The van der Waals surface area contributed by atoms with Crippen LogP contribution < -0.4 is 5.32 Å². The summed E-state index contributed by atoms with van der Waals surface area (Å²) in [6.07, 6.45) is 0. The Balaban J connectivity index is 1.59. The Morgan fingerprint density at radius 3 is 2.31 bits per heavy atom. The molecule has 1 N–H and O–H groups in total. The van der Waals surface area contributed by atoms with Crippen molar-refractivity contribution in [1.82, 2.24) is 0 Å². The van der Waals surface area contributed by atoms with Gasteiger partial charge in [0.25, 0.3) is 11.6 Å². The van der Waals surface area contributed by atoms with Crippen LogP contribution in [0.15, 0.2) is 72.8 Å². The Morgan fingerprint density at radius 2 is 1.69 bits per heavy atom. The molecule has 3 rings (SSSR count). The number of rotatable bonds is 6. The summed E-state index contributed by atoms with van der Waals surface area (Å²) in [6, 6.07) is 19.2. The lowest BCUT2D eigenvalue weighted by atomic mass is 10.1. The van der Waals surface area contributed by atoms with Crippen molar-refractivity contribution in [3.63, 3.8) is 0 Å². The number of nitro groups is 1. The number of nitrogens with one attached hydrogen (secondary N) is 1. The Bertz CT molecular complexity index is 1050. The molecule has 0 atom stereocenters. The van der Waals surface area contributed by atoms with Crippen molar-refractivity contribution in [2.24, 2.45) is 0 Å². The van der Waals surface area contributed by atoms with Gasteiger partial charge in [0.2, 0.25) is 0 Å². The van der Waals surface area contributed by atoms with Crippen molar-refractivity contribution in [3.05, 3.63) is 105 Å². The van der Waals surface area contributed by atoms with E-state index < -0.39 is 10.9 Å². The topological polar surface area (TPSA) is 98.5 Å². The number of non-ortho nitro benzene ring substituents is 1. The first-order valence-electron chi connectivity index (χ1n) is 8.50. The zero-order valence-electron chi connectivity index (χ0n) is 15.0. The molecule has 0 aliphatic heterocycles. The molecule has 0 aromatic heterocycles. The molecule has 3 aromatic rings. The lowest BCUT2D eigenvalue weighted by Crippen LogP contribution is -2.12.